The number of nitrogens with two attached hydrogens (primary N) is 1. The minimum absolute atomic E-state index is 0.307. The van der Waals surface area contributed by atoms with E-state index in [1.807, 2.05) is 18.2 Å². The number of nitrogens with one attached hydrogen (secondary N) is 2. The smallest absolute Gasteiger partial charge is 0.0576 e. The number of aryl methyl sites for hydroxylation is 1. The van der Waals surface area contributed by atoms with E-state index in [2.05, 4.69) is 86.3 Å². The van der Waals surface area contributed by atoms with Crippen LogP contribution in [-0.2, 0) is 19.6 Å². The Balaban J connectivity index is 1.03. The highest BCUT2D eigenvalue weighted by atomic mass is 35.5. The highest BCUT2D eigenvalue weighted by Crippen LogP contribution is 2.37. The molecule has 4 aromatic rings. The van der Waals surface area contributed by atoms with E-state index in [0.29, 0.717) is 12.1 Å². The number of piperazine rings is 1. The molecule has 8 heteroatoms. The highest BCUT2D eigenvalue weighted by molar-refractivity contribution is 6.36. The third kappa shape index (κ3) is 6.42. The molecule has 4 N–H and O–H groups in total. The van der Waals surface area contributed by atoms with Crippen molar-refractivity contribution < 1.29 is 0 Å². The van der Waals surface area contributed by atoms with Gasteiger partial charge in [0.15, 0.2) is 0 Å². The average molecular weight is 644 g/mol. The van der Waals surface area contributed by atoms with E-state index >= 15 is 0 Å². The van der Waals surface area contributed by atoms with Crippen molar-refractivity contribution in [2.75, 3.05) is 32.7 Å². The summed E-state index contributed by atoms with van der Waals surface area (Å²) in [5.74, 6) is 0. The van der Waals surface area contributed by atoms with Crippen LogP contribution in [0.15, 0.2) is 85.2 Å². The molecule has 1 aromatic heterocycles. The van der Waals surface area contributed by atoms with E-state index in [1.54, 1.807) is 0 Å². The Morgan fingerprint density at radius 2 is 1.64 bits per heavy atom. The Kier molecular flexibility index (Phi) is 8.97. The predicted molar refractivity (Wildman–Crippen MR) is 188 cm³/mol. The lowest BCUT2D eigenvalue weighted by Gasteiger charge is -2.36. The van der Waals surface area contributed by atoms with Gasteiger partial charge in [-0.1, -0.05) is 72.2 Å². The second kappa shape index (κ2) is 13.1. The van der Waals surface area contributed by atoms with Crippen molar-refractivity contribution in [3.8, 4) is 11.1 Å². The predicted octanol–water partition coefficient (Wildman–Crippen LogP) is 6.65. The summed E-state index contributed by atoms with van der Waals surface area (Å²) < 4.78 is 2.42. The van der Waals surface area contributed by atoms with Crippen LogP contribution < -0.4 is 16.4 Å². The summed E-state index contributed by atoms with van der Waals surface area (Å²) in [5.41, 5.74) is 13.6. The summed E-state index contributed by atoms with van der Waals surface area (Å²) in [6, 6.07) is 24.8. The second-order valence-corrected chi connectivity index (χ2v) is 14.0. The van der Waals surface area contributed by atoms with Gasteiger partial charge in [0, 0.05) is 95.3 Å². The lowest BCUT2D eigenvalue weighted by molar-refractivity contribution is 0.118. The molecule has 6 nitrogen and oxygen atoms in total. The van der Waals surface area contributed by atoms with Gasteiger partial charge in [-0.3, -0.25) is 9.80 Å². The molecule has 3 aliphatic rings. The number of hydrogen-bond acceptors (Lipinski definition) is 5. The van der Waals surface area contributed by atoms with Gasteiger partial charge < -0.3 is 20.9 Å². The maximum Gasteiger partial charge on any atom is 0.0576 e. The van der Waals surface area contributed by atoms with Crippen LogP contribution in [0.4, 0.5) is 0 Å². The molecule has 0 radical (unpaired) electrons. The van der Waals surface area contributed by atoms with Crippen LogP contribution in [0.1, 0.15) is 36.8 Å². The Hall–Kier alpha value is -2.84. The molecule has 0 amide bonds. The zero-order valence-electron chi connectivity index (χ0n) is 26.0. The number of rotatable bonds is 11. The first-order chi connectivity index (χ1) is 21.9. The number of hydrogen-bond donors (Lipinski definition) is 3. The summed E-state index contributed by atoms with van der Waals surface area (Å²) in [4.78, 5) is 5.23. The third-order valence-electron chi connectivity index (χ3n) is 10.3. The molecule has 0 spiro atoms. The van der Waals surface area contributed by atoms with Crippen LogP contribution in [0, 0.1) is 0 Å². The number of likely N-dealkylation sites (tertiary alicyclic amines) is 2. The van der Waals surface area contributed by atoms with Crippen LogP contribution in [0.3, 0.4) is 0 Å². The molecule has 3 fully saturated rings. The number of fused-ring (bicyclic) bond motifs is 3. The fourth-order valence-electron chi connectivity index (χ4n) is 7.65. The molecule has 3 aromatic carbocycles. The SMILES string of the molecule is C=C(NCCCn1cc(-c2ccccc2)c2cc(CN3CC4CC3CN4Cc3c(Cl)cccc3Cl)ccc21)C1(N)CCNCC1. The third-order valence-corrected chi connectivity index (χ3v) is 11.0. The molecule has 2 unspecified atom stereocenters. The number of halogens is 2. The fraction of sp³-hybridized carbons (Fsp3) is 0.405. The summed E-state index contributed by atoms with van der Waals surface area (Å²) >= 11 is 13.0. The molecule has 4 heterocycles. The van der Waals surface area contributed by atoms with Gasteiger partial charge in [-0.2, -0.15) is 0 Å². The van der Waals surface area contributed by atoms with E-state index in [9.17, 15) is 0 Å². The van der Waals surface area contributed by atoms with Crippen LogP contribution in [0.2, 0.25) is 10.0 Å². The van der Waals surface area contributed by atoms with E-state index in [-0.39, 0.29) is 5.54 Å². The molecule has 236 valence electrons. The quantitative estimate of drug-likeness (QED) is 0.160. The van der Waals surface area contributed by atoms with Gasteiger partial charge in [-0.05, 0) is 74.2 Å². The zero-order valence-corrected chi connectivity index (χ0v) is 27.5. The number of aromatic nitrogens is 1. The Morgan fingerprint density at radius 1 is 0.933 bits per heavy atom. The standard InChI is InChI=1S/C37H44Cl2N6/c1-26(37(40)13-16-41-17-14-37)42-15-6-18-43-24-32(28-7-3-2-4-8-28)31-19-27(11-12-36(31)43)21-44-22-30-20-29(44)23-45(30)25-33-34(38)9-5-10-35(33)39/h2-5,7-12,19,24,29-30,41-42H,1,6,13-18,20-23,25,40H2. The summed E-state index contributed by atoms with van der Waals surface area (Å²) in [7, 11) is 0. The van der Waals surface area contributed by atoms with E-state index < -0.39 is 0 Å². The van der Waals surface area contributed by atoms with Crippen LogP contribution in [0.5, 0.6) is 0 Å². The van der Waals surface area contributed by atoms with Crippen molar-refractivity contribution in [3.05, 3.63) is 106 Å². The maximum absolute atomic E-state index is 6.66. The van der Waals surface area contributed by atoms with Gasteiger partial charge in [0.1, 0.15) is 0 Å². The minimum Gasteiger partial charge on any atom is -0.387 e. The van der Waals surface area contributed by atoms with E-state index in [4.69, 9.17) is 28.9 Å². The van der Waals surface area contributed by atoms with Gasteiger partial charge in [0.2, 0.25) is 0 Å². The van der Waals surface area contributed by atoms with Gasteiger partial charge >= 0.3 is 0 Å². The molecule has 7 rings (SSSR count). The van der Waals surface area contributed by atoms with Crippen molar-refractivity contribution in [1.29, 1.82) is 0 Å². The zero-order chi connectivity index (χ0) is 31.0. The van der Waals surface area contributed by atoms with Crippen molar-refractivity contribution in [3.63, 3.8) is 0 Å². The molecule has 3 saturated heterocycles. The number of nitrogens with zero attached hydrogens (tertiary/aromatic N) is 3. The molecular formula is C37H44Cl2N6. The number of piperidine rings is 1. The number of benzene rings is 3. The summed E-state index contributed by atoms with van der Waals surface area (Å²) in [6.07, 6.45) is 6.40. The van der Waals surface area contributed by atoms with Crippen LogP contribution in [0.25, 0.3) is 22.0 Å². The maximum atomic E-state index is 6.66. The van der Waals surface area contributed by atoms with Crippen molar-refractivity contribution in [1.82, 2.24) is 25.0 Å². The van der Waals surface area contributed by atoms with Crippen molar-refractivity contribution in [2.45, 2.75) is 62.9 Å². The summed E-state index contributed by atoms with van der Waals surface area (Å²) in [6.45, 7) is 11.9. The van der Waals surface area contributed by atoms with Crippen molar-refractivity contribution in [2.24, 2.45) is 5.73 Å². The lowest BCUT2D eigenvalue weighted by Crippen LogP contribution is -2.53. The van der Waals surface area contributed by atoms with E-state index in [1.165, 1.54) is 34.0 Å². The molecule has 0 saturated carbocycles. The van der Waals surface area contributed by atoms with Gasteiger partial charge in [0.05, 0.1) is 5.54 Å². The monoisotopic (exact) mass is 642 g/mol. The van der Waals surface area contributed by atoms with Crippen LogP contribution in [-0.4, -0.2) is 64.7 Å². The molecule has 45 heavy (non-hydrogen) atoms. The normalized spacial score (nSPS) is 21.5. The first-order valence-corrected chi connectivity index (χ1v) is 17.1. The minimum atomic E-state index is -0.307. The molecule has 2 atom stereocenters. The van der Waals surface area contributed by atoms with Gasteiger partial charge in [-0.15, -0.1) is 0 Å². The largest absolute Gasteiger partial charge is 0.387 e. The Bertz CT molecular complexity index is 1640. The summed E-state index contributed by atoms with van der Waals surface area (Å²) in [5, 5.41) is 9.80. The Labute approximate surface area is 277 Å². The first-order valence-electron chi connectivity index (χ1n) is 16.4. The Morgan fingerprint density at radius 3 is 2.36 bits per heavy atom. The molecule has 2 bridgehead atoms. The van der Waals surface area contributed by atoms with Crippen LogP contribution >= 0.6 is 23.2 Å². The van der Waals surface area contributed by atoms with Crippen molar-refractivity contribution >= 4 is 34.1 Å². The fourth-order valence-corrected chi connectivity index (χ4v) is 8.17. The van der Waals surface area contributed by atoms with E-state index in [0.717, 1.165) is 92.9 Å². The topological polar surface area (TPSA) is 61.5 Å². The average Bonchev–Trinajstić information content (AvgIpc) is 3.74. The molecular weight excluding hydrogens is 599 g/mol. The van der Waals surface area contributed by atoms with Gasteiger partial charge in [0.25, 0.3) is 0 Å². The first kappa shape index (κ1) is 30.8. The van der Waals surface area contributed by atoms with Gasteiger partial charge in [-0.25, -0.2) is 0 Å². The molecule has 0 aliphatic carbocycles. The molecule has 3 aliphatic heterocycles. The second-order valence-electron chi connectivity index (χ2n) is 13.2. The lowest BCUT2D eigenvalue weighted by atomic mass is 9.86. The highest BCUT2D eigenvalue weighted by Gasteiger charge is 2.43.